The summed E-state index contributed by atoms with van der Waals surface area (Å²) < 4.78 is 7.69. The van der Waals surface area contributed by atoms with E-state index in [4.69, 9.17) is 4.74 Å². The molecule has 0 aliphatic heterocycles. The van der Waals surface area contributed by atoms with Gasteiger partial charge in [-0.3, -0.25) is 4.98 Å². The van der Waals surface area contributed by atoms with Gasteiger partial charge in [-0.25, -0.2) is 4.98 Å². The number of hydrogen-bond acceptors (Lipinski definition) is 4. The number of hydrogen-bond donors (Lipinski definition) is 1. The molecule has 2 rings (SSSR count). The summed E-state index contributed by atoms with van der Waals surface area (Å²) in [6.45, 7) is 9.97. The zero-order valence-electron chi connectivity index (χ0n) is 12.6. The lowest BCUT2D eigenvalue weighted by Gasteiger charge is -2.16. The number of imidazole rings is 1. The summed E-state index contributed by atoms with van der Waals surface area (Å²) in [6, 6.07) is 1.14. The van der Waals surface area contributed by atoms with Gasteiger partial charge in [-0.2, -0.15) is 0 Å². The van der Waals surface area contributed by atoms with Crippen molar-refractivity contribution >= 4 is 19.1 Å². The maximum atomic E-state index is 9.83. The Labute approximate surface area is 120 Å². The molecule has 0 aliphatic carbocycles. The molecular weight excluding hydrogens is 270 g/mol. The Morgan fingerprint density at radius 2 is 2.10 bits per heavy atom. The highest BCUT2D eigenvalue weighted by atomic mass is 28.3. The Balaban J connectivity index is 2.11. The summed E-state index contributed by atoms with van der Waals surface area (Å²) in [5, 5.41) is 9.83. The third-order valence-electron chi connectivity index (χ3n) is 3.23. The van der Waals surface area contributed by atoms with Crippen molar-refractivity contribution in [3.8, 4) is 0 Å². The van der Waals surface area contributed by atoms with Crippen molar-refractivity contribution in [2.75, 3.05) is 6.61 Å². The van der Waals surface area contributed by atoms with Gasteiger partial charge in [0.2, 0.25) is 0 Å². The standard InChI is InChI=1S/C14H23N3O2Si/c1-11(18)12-7-15-8-13-14(12)17(9-16-13)10-19-5-6-20(2,3)4/h7-9,11,18H,5-6,10H2,1-4H3. The third kappa shape index (κ3) is 3.65. The van der Waals surface area contributed by atoms with E-state index in [1.165, 1.54) is 0 Å². The Bertz CT molecular complexity index is 575. The zero-order chi connectivity index (χ0) is 14.8. The van der Waals surface area contributed by atoms with Crippen LogP contribution in [-0.2, 0) is 11.5 Å². The van der Waals surface area contributed by atoms with Gasteiger partial charge >= 0.3 is 0 Å². The summed E-state index contributed by atoms with van der Waals surface area (Å²) in [7, 11) is -1.06. The molecule has 2 aromatic rings. The van der Waals surface area contributed by atoms with Gasteiger partial charge in [-0.1, -0.05) is 19.6 Å². The second kappa shape index (κ2) is 6.03. The summed E-state index contributed by atoms with van der Waals surface area (Å²) in [5.74, 6) is 0. The maximum Gasteiger partial charge on any atom is 0.124 e. The van der Waals surface area contributed by atoms with Crippen LogP contribution in [0.3, 0.4) is 0 Å². The predicted molar refractivity (Wildman–Crippen MR) is 82.3 cm³/mol. The molecule has 0 bridgehead atoms. The van der Waals surface area contributed by atoms with Gasteiger partial charge in [0.15, 0.2) is 0 Å². The van der Waals surface area contributed by atoms with Gasteiger partial charge < -0.3 is 14.4 Å². The lowest BCUT2D eigenvalue weighted by molar-refractivity contribution is 0.0894. The van der Waals surface area contributed by atoms with E-state index in [1.54, 1.807) is 25.6 Å². The van der Waals surface area contributed by atoms with Crippen LogP contribution in [0.1, 0.15) is 18.6 Å². The molecule has 2 heterocycles. The summed E-state index contributed by atoms with van der Waals surface area (Å²) in [4.78, 5) is 8.41. The van der Waals surface area contributed by atoms with E-state index in [1.807, 2.05) is 4.57 Å². The van der Waals surface area contributed by atoms with Crippen molar-refractivity contribution in [2.24, 2.45) is 0 Å². The predicted octanol–water partition coefficient (Wildman–Crippen LogP) is 2.80. The first-order chi connectivity index (χ1) is 9.38. The second-order valence-corrected chi connectivity index (χ2v) is 12.0. The van der Waals surface area contributed by atoms with Crippen molar-refractivity contribution in [1.82, 2.24) is 14.5 Å². The quantitative estimate of drug-likeness (QED) is 0.657. The van der Waals surface area contributed by atoms with Crippen LogP contribution >= 0.6 is 0 Å². The SMILES string of the molecule is CC(O)c1cncc2ncn(COCC[Si](C)(C)C)c12. The van der Waals surface area contributed by atoms with E-state index in [0.717, 1.165) is 29.2 Å². The van der Waals surface area contributed by atoms with E-state index >= 15 is 0 Å². The number of fused-ring (bicyclic) bond motifs is 1. The number of aliphatic hydroxyl groups excluding tert-OH is 1. The third-order valence-corrected chi connectivity index (χ3v) is 4.93. The first-order valence-corrected chi connectivity index (χ1v) is 10.6. The molecule has 20 heavy (non-hydrogen) atoms. The second-order valence-electron chi connectivity index (χ2n) is 6.33. The van der Waals surface area contributed by atoms with Crippen LogP contribution in [0, 0.1) is 0 Å². The average Bonchev–Trinajstić information content (AvgIpc) is 2.76. The lowest BCUT2D eigenvalue weighted by Crippen LogP contribution is -2.22. The van der Waals surface area contributed by atoms with Gasteiger partial charge in [0.1, 0.15) is 12.2 Å². The lowest BCUT2D eigenvalue weighted by atomic mass is 10.1. The van der Waals surface area contributed by atoms with Crippen molar-refractivity contribution in [2.45, 2.75) is 45.4 Å². The number of aliphatic hydroxyl groups is 1. The molecule has 0 amide bonds. The molecule has 0 saturated heterocycles. The molecule has 1 unspecified atom stereocenters. The van der Waals surface area contributed by atoms with Crippen molar-refractivity contribution in [3.05, 3.63) is 24.3 Å². The molecule has 2 aromatic heterocycles. The molecule has 110 valence electrons. The zero-order valence-corrected chi connectivity index (χ0v) is 13.6. The molecule has 0 fully saturated rings. The van der Waals surface area contributed by atoms with Gasteiger partial charge in [0.25, 0.3) is 0 Å². The Hall–Kier alpha value is -1.24. The highest BCUT2D eigenvalue weighted by Crippen LogP contribution is 2.22. The van der Waals surface area contributed by atoms with Crippen LogP contribution in [0.5, 0.6) is 0 Å². The fraction of sp³-hybridized carbons (Fsp3) is 0.571. The van der Waals surface area contributed by atoms with Crippen LogP contribution in [0.15, 0.2) is 18.7 Å². The minimum atomic E-state index is -1.06. The smallest absolute Gasteiger partial charge is 0.124 e. The summed E-state index contributed by atoms with van der Waals surface area (Å²) in [5.41, 5.74) is 2.48. The normalized spacial score (nSPS) is 13.8. The Morgan fingerprint density at radius 1 is 1.35 bits per heavy atom. The highest BCUT2D eigenvalue weighted by Gasteiger charge is 2.14. The minimum absolute atomic E-state index is 0.463. The van der Waals surface area contributed by atoms with Gasteiger partial charge in [-0.05, 0) is 13.0 Å². The maximum absolute atomic E-state index is 9.83. The van der Waals surface area contributed by atoms with E-state index in [9.17, 15) is 5.11 Å². The molecule has 5 nitrogen and oxygen atoms in total. The molecule has 0 saturated carbocycles. The topological polar surface area (TPSA) is 60.2 Å². The molecule has 0 spiro atoms. The molecule has 1 N–H and O–H groups in total. The molecule has 0 aromatic carbocycles. The van der Waals surface area contributed by atoms with E-state index in [0.29, 0.717) is 6.73 Å². The summed E-state index contributed by atoms with van der Waals surface area (Å²) >= 11 is 0. The summed E-state index contributed by atoms with van der Waals surface area (Å²) in [6.07, 6.45) is 4.57. The van der Waals surface area contributed by atoms with Crippen LogP contribution < -0.4 is 0 Å². The average molecular weight is 293 g/mol. The number of aromatic nitrogens is 3. The van der Waals surface area contributed by atoms with Crippen LogP contribution in [0.2, 0.25) is 25.7 Å². The Kier molecular flexibility index (Phi) is 4.57. The van der Waals surface area contributed by atoms with E-state index < -0.39 is 14.2 Å². The first kappa shape index (κ1) is 15.2. The van der Waals surface area contributed by atoms with Crippen molar-refractivity contribution in [1.29, 1.82) is 0 Å². The molecular formula is C14H23N3O2Si. The number of nitrogens with zero attached hydrogens (tertiary/aromatic N) is 3. The molecule has 1 atom stereocenters. The van der Waals surface area contributed by atoms with Crippen molar-refractivity contribution < 1.29 is 9.84 Å². The fourth-order valence-corrected chi connectivity index (χ4v) is 2.76. The van der Waals surface area contributed by atoms with E-state index in [2.05, 4.69) is 29.6 Å². The van der Waals surface area contributed by atoms with Gasteiger partial charge in [-0.15, -0.1) is 0 Å². The van der Waals surface area contributed by atoms with Crippen LogP contribution in [0.4, 0.5) is 0 Å². The fourth-order valence-electron chi connectivity index (χ4n) is 2.00. The van der Waals surface area contributed by atoms with Crippen LogP contribution in [0.25, 0.3) is 11.0 Å². The highest BCUT2D eigenvalue weighted by molar-refractivity contribution is 6.76. The molecule has 0 aliphatic rings. The minimum Gasteiger partial charge on any atom is -0.389 e. The molecule has 0 radical (unpaired) electrons. The van der Waals surface area contributed by atoms with E-state index in [-0.39, 0.29) is 0 Å². The van der Waals surface area contributed by atoms with Crippen LogP contribution in [-0.4, -0.2) is 34.3 Å². The van der Waals surface area contributed by atoms with Crippen molar-refractivity contribution in [3.63, 3.8) is 0 Å². The monoisotopic (exact) mass is 293 g/mol. The Morgan fingerprint density at radius 3 is 2.75 bits per heavy atom. The first-order valence-electron chi connectivity index (χ1n) is 6.93. The van der Waals surface area contributed by atoms with Gasteiger partial charge in [0, 0.05) is 26.4 Å². The number of rotatable bonds is 6. The molecule has 6 heteroatoms. The number of pyridine rings is 1. The largest absolute Gasteiger partial charge is 0.389 e. The van der Waals surface area contributed by atoms with Gasteiger partial charge in [0.05, 0.1) is 24.1 Å². The number of ether oxygens (including phenoxy) is 1.